The zero-order chi connectivity index (χ0) is 8.32. The van der Waals surface area contributed by atoms with Crippen LogP contribution < -0.4 is 0 Å². The van der Waals surface area contributed by atoms with Gasteiger partial charge in [0.25, 0.3) is 0 Å². The van der Waals surface area contributed by atoms with Crippen molar-refractivity contribution in [3.05, 3.63) is 0 Å². The minimum Gasteiger partial charge on any atom is -0.378 e. The molecule has 0 spiro atoms. The molecule has 1 aliphatic rings. The van der Waals surface area contributed by atoms with E-state index in [1.54, 1.807) is 0 Å². The molecule has 1 unspecified atom stereocenters. The Morgan fingerprint density at radius 1 is 1.45 bits per heavy atom. The maximum absolute atomic E-state index is 2.69. The lowest BCUT2D eigenvalue weighted by molar-refractivity contribution is -0.806. The molecule has 0 aromatic heterocycles. The lowest BCUT2D eigenvalue weighted by Gasteiger charge is -2.42. The van der Waals surface area contributed by atoms with Gasteiger partial charge in [-0.3, -0.25) is 4.57 Å². The summed E-state index contributed by atoms with van der Waals surface area (Å²) in [5.41, 5.74) is 0. The van der Waals surface area contributed by atoms with Crippen molar-refractivity contribution in [1.82, 2.24) is 4.57 Å². The van der Waals surface area contributed by atoms with Crippen LogP contribution in [0.1, 0.15) is 20.3 Å². The van der Waals surface area contributed by atoms with Gasteiger partial charge in [0.15, 0.2) is 0 Å². The highest BCUT2D eigenvalue weighted by Gasteiger charge is 2.27. The smallest absolute Gasteiger partial charge is 0.337 e. The molecule has 1 rings (SSSR count). The topological polar surface area (TPSA) is 3.24 Å². The molecule has 11 heavy (non-hydrogen) atoms. The van der Waals surface area contributed by atoms with Gasteiger partial charge < -0.3 is 4.15 Å². The molecule has 1 fully saturated rings. The fraction of sp³-hybridized carbons (Fsp3) is 1.00. The highest BCUT2D eigenvalue weighted by molar-refractivity contribution is 6.22. The first-order valence-corrected chi connectivity index (χ1v) is 6.02. The Bertz CT molecular complexity index is 129. The summed E-state index contributed by atoms with van der Waals surface area (Å²) in [5, 5.41) is 0. The quantitative estimate of drug-likeness (QED) is 0.538. The van der Waals surface area contributed by atoms with Gasteiger partial charge in [0.05, 0.1) is 20.1 Å². The van der Waals surface area contributed by atoms with Gasteiger partial charge in [-0.25, -0.2) is 0 Å². The Kier molecular flexibility index (Phi) is 3.10. The Morgan fingerprint density at radius 3 is 2.73 bits per heavy atom. The van der Waals surface area contributed by atoms with E-state index in [9.17, 15) is 0 Å². The molecule has 1 aliphatic heterocycles. The molecule has 66 valence electrons. The van der Waals surface area contributed by atoms with Crippen LogP contribution in [0, 0.1) is 0 Å². The highest BCUT2D eigenvalue weighted by Crippen LogP contribution is 2.09. The van der Waals surface area contributed by atoms with Gasteiger partial charge in [0, 0.05) is 13.0 Å². The third kappa shape index (κ3) is 2.29. The Balaban J connectivity index is 2.44. The fourth-order valence-electron chi connectivity index (χ4n) is 1.82. The minimum absolute atomic E-state index is 0.0108. The number of quaternary nitrogens is 1. The molecule has 1 atom stereocenters. The summed E-state index contributed by atoms with van der Waals surface area (Å²) in [4.78, 5) is 0. The van der Waals surface area contributed by atoms with E-state index >= 15 is 0 Å². The van der Waals surface area contributed by atoms with Crippen molar-refractivity contribution in [1.29, 1.82) is 0 Å². The van der Waals surface area contributed by atoms with E-state index in [-0.39, 0.29) is 9.84 Å². The summed E-state index contributed by atoms with van der Waals surface area (Å²) in [6.07, 6.45) is 1.41. The molecule has 3 heteroatoms. The lowest BCUT2D eigenvalue weighted by atomic mass is 10.4. The predicted octanol–water partition coefficient (Wildman–Crippen LogP) is 0.177. The number of nitrogens with zero attached hydrogens (tertiary/aromatic N) is 2. The van der Waals surface area contributed by atoms with Crippen molar-refractivity contribution >= 4 is 9.84 Å². The zero-order valence-corrected chi connectivity index (χ0v) is 9.55. The van der Waals surface area contributed by atoms with Crippen LogP contribution in [0.25, 0.3) is 0 Å². The van der Waals surface area contributed by atoms with Gasteiger partial charge in [-0.15, -0.1) is 0 Å². The highest BCUT2D eigenvalue weighted by atomic mass is 28.2. The van der Waals surface area contributed by atoms with E-state index in [1.807, 2.05) is 0 Å². The Labute approximate surface area is 72.8 Å². The first kappa shape index (κ1) is 9.23. The third-order valence-electron chi connectivity index (χ3n) is 2.92. The van der Waals surface area contributed by atoms with Crippen molar-refractivity contribution in [3.63, 3.8) is 0 Å². The monoisotopic (exact) mass is 173 g/mol. The van der Waals surface area contributed by atoms with Crippen LogP contribution in [0.3, 0.4) is 0 Å². The van der Waals surface area contributed by atoms with E-state index < -0.39 is 0 Å². The van der Waals surface area contributed by atoms with Crippen LogP contribution >= 0.6 is 0 Å². The third-order valence-corrected chi connectivity index (χ3v) is 5.53. The van der Waals surface area contributed by atoms with Crippen molar-refractivity contribution in [3.8, 4) is 0 Å². The summed E-state index contributed by atoms with van der Waals surface area (Å²) in [6, 6.07) is 0. The second kappa shape index (κ2) is 3.69. The molecular formula is C8H21N2Si+. The summed E-state index contributed by atoms with van der Waals surface area (Å²) in [7, 11) is 2.44. The van der Waals surface area contributed by atoms with Crippen LogP contribution in [0.2, 0.25) is 0 Å². The first-order chi connectivity index (χ1) is 5.20. The second-order valence-electron chi connectivity index (χ2n) is 3.86. The van der Waals surface area contributed by atoms with Gasteiger partial charge in [0.2, 0.25) is 0 Å². The Morgan fingerprint density at radius 2 is 2.18 bits per heavy atom. The summed E-state index contributed by atoms with van der Waals surface area (Å²) in [5.74, 6) is 0. The van der Waals surface area contributed by atoms with Crippen LogP contribution in [-0.2, 0) is 0 Å². The van der Waals surface area contributed by atoms with Gasteiger partial charge in [0.1, 0.15) is 0 Å². The number of hydrogen-bond acceptors (Lipinski definition) is 1. The molecule has 1 saturated heterocycles. The molecule has 0 saturated carbocycles. The maximum atomic E-state index is 2.69. The van der Waals surface area contributed by atoms with E-state index in [0.717, 1.165) is 0 Å². The standard InChI is InChI=1S/C8H21N2Si/c1-4-9-7-6-8-10(3,5-2)11-9/h4-8,11H2,1-3H3/q+1. The normalized spacial score (nSPS) is 36.3. The van der Waals surface area contributed by atoms with Crippen molar-refractivity contribution in [2.75, 3.05) is 33.2 Å². The van der Waals surface area contributed by atoms with Crippen LogP contribution in [-0.4, -0.2) is 51.8 Å². The first-order valence-electron chi connectivity index (χ1n) is 4.76. The van der Waals surface area contributed by atoms with E-state index in [4.69, 9.17) is 0 Å². The van der Waals surface area contributed by atoms with Crippen molar-refractivity contribution in [2.45, 2.75) is 20.3 Å². The molecular weight excluding hydrogens is 152 g/mol. The average Bonchev–Trinajstić information content (AvgIpc) is 2.05. The predicted molar refractivity (Wildman–Crippen MR) is 52.0 cm³/mol. The van der Waals surface area contributed by atoms with Gasteiger partial charge >= 0.3 is 9.84 Å². The second-order valence-corrected chi connectivity index (χ2v) is 6.57. The number of hydrogen-bond donors (Lipinski definition) is 0. The van der Waals surface area contributed by atoms with Crippen LogP contribution in [0.4, 0.5) is 0 Å². The van der Waals surface area contributed by atoms with E-state index in [0.29, 0.717) is 0 Å². The van der Waals surface area contributed by atoms with Crippen LogP contribution in [0.15, 0.2) is 0 Å². The molecule has 0 radical (unpaired) electrons. The van der Waals surface area contributed by atoms with Crippen molar-refractivity contribution < 1.29 is 4.15 Å². The fourth-order valence-corrected chi connectivity index (χ4v) is 3.91. The largest absolute Gasteiger partial charge is 0.378 e. The molecule has 1 heterocycles. The van der Waals surface area contributed by atoms with Gasteiger partial charge in [-0.05, 0) is 13.5 Å². The zero-order valence-electron chi connectivity index (χ0n) is 8.14. The molecule has 0 N–H and O–H groups in total. The minimum atomic E-state index is 0.0108. The molecule has 0 amide bonds. The SMILES string of the molecule is CCN1CCC[N+](C)(CC)[SiH2]1. The molecule has 0 aliphatic carbocycles. The van der Waals surface area contributed by atoms with E-state index in [1.165, 1.54) is 36.7 Å². The molecule has 0 aromatic rings. The van der Waals surface area contributed by atoms with Gasteiger partial charge in [-0.1, -0.05) is 6.92 Å². The number of rotatable bonds is 2. The summed E-state index contributed by atoms with van der Waals surface area (Å²) in [6.45, 7) is 10.0. The van der Waals surface area contributed by atoms with Crippen LogP contribution in [0.5, 0.6) is 0 Å². The average molecular weight is 173 g/mol. The molecule has 0 aromatic carbocycles. The lowest BCUT2D eigenvalue weighted by Crippen LogP contribution is -2.59. The molecule has 0 bridgehead atoms. The van der Waals surface area contributed by atoms with Crippen molar-refractivity contribution in [2.24, 2.45) is 0 Å². The maximum Gasteiger partial charge on any atom is 0.337 e. The van der Waals surface area contributed by atoms with Gasteiger partial charge in [-0.2, -0.15) is 0 Å². The summed E-state index contributed by atoms with van der Waals surface area (Å²) >= 11 is 0. The Hall–Kier alpha value is 0.137. The van der Waals surface area contributed by atoms with E-state index in [2.05, 4.69) is 25.5 Å². The molecule has 2 nitrogen and oxygen atoms in total. The summed E-state index contributed by atoms with van der Waals surface area (Å²) < 4.78 is 4.07.